The van der Waals surface area contributed by atoms with Crippen LogP contribution in [0.2, 0.25) is 0 Å². The molecule has 2 aromatic carbocycles. The van der Waals surface area contributed by atoms with Crippen molar-refractivity contribution >= 4 is 43.5 Å². The van der Waals surface area contributed by atoms with Gasteiger partial charge in [-0.3, -0.25) is 0 Å². The molecule has 2 aromatic rings. The average Bonchev–Trinajstić information content (AvgIpc) is 2.37. The largest absolute Gasteiger partial charge is 0.417 e. The van der Waals surface area contributed by atoms with Crippen molar-refractivity contribution in [2.24, 2.45) is 0 Å². The van der Waals surface area contributed by atoms with E-state index in [1.54, 1.807) is 6.07 Å². The van der Waals surface area contributed by atoms with E-state index in [1.165, 1.54) is 6.07 Å². The van der Waals surface area contributed by atoms with Crippen molar-refractivity contribution in [2.75, 3.05) is 0 Å². The maximum absolute atomic E-state index is 12.9. The molecule has 0 aromatic heterocycles. The molecule has 21 heavy (non-hydrogen) atoms. The Morgan fingerprint density at radius 1 is 1.05 bits per heavy atom. The van der Waals surface area contributed by atoms with Crippen LogP contribution in [-0.4, -0.2) is 0 Å². The summed E-state index contributed by atoms with van der Waals surface area (Å²) < 4.78 is 39.6. The second kappa shape index (κ2) is 6.71. The van der Waals surface area contributed by atoms with Gasteiger partial charge in [0.25, 0.3) is 0 Å². The zero-order valence-electron chi connectivity index (χ0n) is 10.6. The minimum atomic E-state index is -4.40. The number of hydrogen-bond acceptors (Lipinski definition) is 0. The highest BCUT2D eigenvalue weighted by Gasteiger charge is 2.33. The van der Waals surface area contributed by atoms with E-state index >= 15 is 0 Å². The molecule has 112 valence electrons. The Morgan fingerprint density at radius 2 is 1.76 bits per heavy atom. The van der Waals surface area contributed by atoms with Gasteiger partial charge in [-0.1, -0.05) is 50.1 Å². The maximum atomic E-state index is 12.9. The first-order chi connectivity index (χ1) is 9.77. The van der Waals surface area contributed by atoms with Crippen molar-refractivity contribution in [1.82, 2.24) is 0 Å². The molecule has 1 atom stereocenters. The Labute approximate surface area is 142 Å². The summed E-state index contributed by atoms with van der Waals surface area (Å²) in [5, 5.41) is -0.520. The minimum Gasteiger partial charge on any atom is -0.166 e. The zero-order valence-corrected chi connectivity index (χ0v) is 14.5. The van der Waals surface area contributed by atoms with Crippen LogP contribution in [-0.2, 0) is 12.6 Å². The predicted molar refractivity (Wildman–Crippen MR) is 85.6 cm³/mol. The molecule has 2 rings (SSSR count). The van der Waals surface area contributed by atoms with Crippen molar-refractivity contribution in [3.05, 3.63) is 68.1 Å². The Hall–Kier alpha value is -0.520. The lowest BCUT2D eigenvalue weighted by molar-refractivity contribution is -0.138. The lowest BCUT2D eigenvalue weighted by Gasteiger charge is -2.15. The number of alkyl halides is 4. The molecule has 0 heterocycles. The molecule has 0 aliphatic carbocycles. The molecule has 0 fully saturated rings. The minimum absolute atomic E-state index is 0.0186. The van der Waals surface area contributed by atoms with E-state index in [1.807, 2.05) is 24.3 Å². The molecule has 0 nitrogen and oxygen atoms in total. The van der Waals surface area contributed by atoms with Gasteiger partial charge in [-0.05, 0) is 41.8 Å². The highest BCUT2D eigenvalue weighted by molar-refractivity contribution is 9.10. The van der Waals surface area contributed by atoms with E-state index < -0.39 is 17.1 Å². The maximum Gasteiger partial charge on any atom is 0.417 e. The van der Waals surface area contributed by atoms with E-state index in [9.17, 15) is 13.2 Å². The molecular weight excluding hydrogens is 432 g/mol. The van der Waals surface area contributed by atoms with Gasteiger partial charge in [-0.15, -0.1) is 11.6 Å². The fraction of sp³-hybridized carbons (Fsp3) is 0.200. The third-order valence-electron chi connectivity index (χ3n) is 2.96. The Balaban J connectivity index is 2.25. The fourth-order valence-corrected chi connectivity index (χ4v) is 3.18. The van der Waals surface area contributed by atoms with Crippen molar-refractivity contribution in [3.63, 3.8) is 0 Å². The molecule has 0 N–H and O–H groups in total. The van der Waals surface area contributed by atoms with Gasteiger partial charge < -0.3 is 0 Å². The third kappa shape index (κ3) is 4.47. The summed E-state index contributed by atoms with van der Waals surface area (Å²) >= 11 is 12.5. The molecule has 6 heteroatoms. The summed E-state index contributed by atoms with van der Waals surface area (Å²) in [5.41, 5.74) is 0.702. The van der Waals surface area contributed by atoms with Crippen LogP contribution in [0.15, 0.2) is 51.4 Å². The van der Waals surface area contributed by atoms with Gasteiger partial charge in [-0.2, -0.15) is 13.2 Å². The topological polar surface area (TPSA) is 0 Å². The van der Waals surface area contributed by atoms with Crippen LogP contribution in [0.4, 0.5) is 13.2 Å². The quantitative estimate of drug-likeness (QED) is 0.461. The van der Waals surface area contributed by atoms with Crippen LogP contribution in [0.3, 0.4) is 0 Å². The predicted octanol–water partition coefficient (Wildman–Crippen LogP) is 6.75. The SMILES string of the molecule is FC(F)(F)c1cc(C(Cl)Cc2cccc(Br)c2)ccc1Br. The van der Waals surface area contributed by atoms with Gasteiger partial charge in [-0.25, -0.2) is 0 Å². The summed E-state index contributed by atoms with van der Waals surface area (Å²) in [6.45, 7) is 0. The molecule has 0 aliphatic rings. The van der Waals surface area contributed by atoms with Gasteiger partial charge in [0.05, 0.1) is 10.9 Å². The molecule has 0 saturated heterocycles. The molecule has 0 amide bonds. The summed E-state index contributed by atoms with van der Waals surface area (Å²) in [7, 11) is 0. The second-order valence-corrected chi connectivity index (χ2v) is 6.84. The van der Waals surface area contributed by atoms with Crippen molar-refractivity contribution < 1.29 is 13.2 Å². The summed E-state index contributed by atoms with van der Waals surface area (Å²) in [5.74, 6) is 0. The van der Waals surface area contributed by atoms with Crippen molar-refractivity contribution in [1.29, 1.82) is 0 Å². The monoisotopic (exact) mass is 440 g/mol. The molecule has 0 spiro atoms. The number of halogens is 6. The highest BCUT2D eigenvalue weighted by atomic mass is 79.9. The Kier molecular flexibility index (Phi) is 5.38. The second-order valence-electron chi connectivity index (χ2n) is 4.54. The number of hydrogen-bond donors (Lipinski definition) is 0. The average molecular weight is 442 g/mol. The summed E-state index contributed by atoms with van der Waals surface area (Å²) in [6, 6.07) is 11.6. The van der Waals surface area contributed by atoms with Crippen LogP contribution < -0.4 is 0 Å². The van der Waals surface area contributed by atoms with Crippen LogP contribution >= 0.6 is 43.5 Å². The number of rotatable bonds is 3. The van der Waals surface area contributed by atoms with Gasteiger partial charge in [0, 0.05) is 8.95 Å². The first-order valence-corrected chi connectivity index (χ1v) is 8.05. The van der Waals surface area contributed by atoms with E-state index in [4.69, 9.17) is 11.6 Å². The van der Waals surface area contributed by atoms with Crippen LogP contribution in [0.25, 0.3) is 0 Å². The summed E-state index contributed by atoms with van der Waals surface area (Å²) in [4.78, 5) is 0. The first kappa shape index (κ1) is 16.8. The molecule has 0 aliphatic heterocycles. The van der Waals surface area contributed by atoms with Gasteiger partial charge >= 0.3 is 6.18 Å². The molecule has 0 bridgehead atoms. The lowest BCUT2D eigenvalue weighted by Crippen LogP contribution is -2.07. The molecular formula is C15H10Br2ClF3. The van der Waals surface area contributed by atoms with Crippen LogP contribution in [0.1, 0.15) is 22.1 Å². The van der Waals surface area contributed by atoms with Crippen LogP contribution in [0, 0.1) is 0 Å². The first-order valence-electron chi connectivity index (χ1n) is 6.02. The lowest BCUT2D eigenvalue weighted by atomic mass is 10.0. The molecule has 0 radical (unpaired) electrons. The zero-order chi connectivity index (χ0) is 15.6. The standard InChI is InChI=1S/C15H10Br2ClF3/c16-11-3-1-2-9(6-11)7-14(18)10-4-5-13(17)12(8-10)15(19,20)21/h1-6,8,14H,7H2. The van der Waals surface area contributed by atoms with Gasteiger partial charge in [0.15, 0.2) is 0 Å². The van der Waals surface area contributed by atoms with E-state index in [0.29, 0.717) is 12.0 Å². The fourth-order valence-electron chi connectivity index (χ4n) is 1.94. The van der Waals surface area contributed by atoms with Gasteiger partial charge in [0.1, 0.15) is 0 Å². The van der Waals surface area contributed by atoms with E-state index in [-0.39, 0.29) is 4.47 Å². The Bertz CT molecular complexity index is 641. The third-order valence-corrected chi connectivity index (χ3v) is 4.55. The van der Waals surface area contributed by atoms with Crippen LogP contribution in [0.5, 0.6) is 0 Å². The normalized spacial score (nSPS) is 13.2. The molecule has 1 unspecified atom stereocenters. The highest BCUT2D eigenvalue weighted by Crippen LogP contribution is 2.37. The summed E-state index contributed by atoms with van der Waals surface area (Å²) in [6.07, 6.45) is -3.94. The number of benzene rings is 2. The van der Waals surface area contributed by atoms with E-state index in [0.717, 1.165) is 16.1 Å². The Morgan fingerprint density at radius 3 is 2.38 bits per heavy atom. The smallest absolute Gasteiger partial charge is 0.166 e. The van der Waals surface area contributed by atoms with Crippen molar-refractivity contribution in [3.8, 4) is 0 Å². The van der Waals surface area contributed by atoms with E-state index in [2.05, 4.69) is 31.9 Å². The molecule has 0 saturated carbocycles. The van der Waals surface area contributed by atoms with Crippen molar-refractivity contribution in [2.45, 2.75) is 18.0 Å². The van der Waals surface area contributed by atoms with Gasteiger partial charge in [0.2, 0.25) is 0 Å².